The van der Waals surface area contributed by atoms with Gasteiger partial charge in [-0.1, -0.05) is 0 Å². The Bertz CT molecular complexity index is 330. The molecule has 0 heterocycles. The van der Waals surface area contributed by atoms with Crippen LogP contribution in [0, 0.1) is 0 Å². The molecule has 0 aliphatic rings. The van der Waals surface area contributed by atoms with E-state index in [1.54, 1.807) is 0 Å². The van der Waals surface area contributed by atoms with Crippen LogP contribution in [0.25, 0.3) is 0 Å². The van der Waals surface area contributed by atoms with Gasteiger partial charge in [0, 0.05) is 0 Å². The van der Waals surface area contributed by atoms with Crippen molar-refractivity contribution in [1.82, 2.24) is 0 Å². The number of benzene rings is 1. The van der Waals surface area contributed by atoms with Gasteiger partial charge in [-0.3, -0.25) is 0 Å². The second-order valence-electron chi connectivity index (χ2n) is 4.32. The maximum absolute atomic E-state index is 5.92. The van der Waals surface area contributed by atoms with E-state index in [0.29, 0.717) is 0 Å². The SMILES string of the molecule is CCCC[Te](=Cc1ccc(Cl)cc1)CCCC. The summed E-state index contributed by atoms with van der Waals surface area (Å²) in [5.41, 5.74) is 1.39. The summed E-state index contributed by atoms with van der Waals surface area (Å²) >= 11 is 4.92. The Labute approximate surface area is 118 Å². The van der Waals surface area contributed by atoms with Crippen LogP contribution in [-0.4, -0.2) is 23.1 Å². The van der Waals surface area contributed by atoms with Crippen LogP contribution >= 0.6 is 11.6 Å². The number of unbranched alkanes of at least 4 members (excludes halogenated alkanes) is 2. The van der Waals surface area contributed by atoms with Gasteiger partial charge in [0.05, 0.1) is 0 Å². The summed E-state index contributed by atoms with van der Waals surface area (Å²) in [5, 5.41) is 0.839. The van der Waals surface area contributed by atoms with Gasteiger partial charge in [-0.25, -0.2) is 0 Å². The molecule has 0 bridgehead atoms. The molecule has 0 radical (unpaired) electrons. The minimum atomic E-state index is -0.996. The van der Waals surface area contributed by atoms with E-state index in [2.05, 4.69) is 30.0 Å². The van der Waals surface area contributed by atoms with E-state index in [0.717, 1.165) is 5.02 Å². The number of hydrogen-bond donors (Lipinski definition) is 0. The van der Waals surface area contributed by atoms with Crippen LogP contribution < -0.4 is 0 Å². The van der Waals surface area contributed by atoms with Gasteiger partial charge in [-0.2, -0.15) is 0 Å². The van der Waals surface area contributed by atoms with Crippen LogP contribution in [0.4, 0.5) is 0 Å². The Morgan fingerprint density at radius 1 is 1.00 bits per heavy atom. The van der Waals surface area contributed by atoms with Crippen molar-refractivity contribution in [3.05, 3.63) is 34.9 Å². The van der Waals surface area contributed by atoms with E-state index in [1.807, 2.05) is 12.1 Å². The Balaban J connectivity index is 2.69. The molecule has 0 unspecified atom stereocenters. The molecule has 0 aliphatic carbocycles. The molecule has 0 N–H and O–H groups in total. The van der Waals surface area contributed by atoms with Gasteiger partial charge in [-0.05, 0) is 0 Å². The first-order valence-electron chi connectivity index (χ1n) is 6.53. The van der Waals surface area contributed by atoms with Crippen LogP contribution in [-0.2, 0) is 0 Å². The van der Waals surface area contributed by atoms with E-state index in [-0.39, 0.29) is 0 Å². The molecule has 0 nitrogen and oxygen atoms in total. The average Bonchev–Trinajstić information content (AvgIpc) is 2.35. The van der Waals surface area contributed by atoms with E-state index < -0.39 is 19.1 Å². The number of rotatable bonds is 7. The molecule has 1 aromatic rings. The third-order valence-corrected chi connectivity index (χ3v) is 9.31. The minimum absolute atomic E-state index is 0.839. The van der Waals surface area contributed by atoms with Crippen LogP contribution in [0.1, 0.15) is 45.1 Å². The van der Waals surface area contributed by atoms with Crippen molar-refractivity contribution in [2.75, 3.05) is 0 Å². The van der Waals surface area contributed by atoms with Crippen LogP contribution in [0.2, 0.25) is 14.0 Å². The second-order valence-corrected chi connectivity index (χ2v) is 10.8. The van der Waals surface area contributed by atoms with Gasteiger partial charge in [-0.15, -0.1) is 0 Å². The summed E-state index contributed by atoms with van der Waals surface area (Å²) in [5.74, 6) is 0. The quantitative estimate of drug-likeness (QED) is 0.584. The second kappa shape index (κ2) is 9.15. The molecule has 96 valence electrons. The Hall–Kier alpha value is 0.170. The molecule has 0 aromatic heterocycles. The molecule has 17 heavy (non-hydrogen) atoms. The summed E-state index contributed by atoms with van der Waals surface area (Å²) in [7, 11) is 0. The summed E-state index contributed by atoms with van der Waals surface area (Å²) in [6, 6.07) is 8.33. The molecule has 1 aromatic carbocycles. The predicted octanol–water partition coefficient (Wildman–Crippen LogP) is 5.17. The fourth-order valence-corrected chi connectivity index (χ4v) is 8.31. The molecule has 0 aliphatic heterocycles. The first kappa shape index (κ1) is 15.2. The molecule has 0 amide bonds. The van der Waals surface area contributed by atoms with E-state index in [9.17, 15) is 0 Å². The zero-order chi connectivity index (χ0) is 12.5. The monoisotopic (exact) mass is 368 g/mol. The first-order chi connectivity index (χ1) is 8.26. The topological polar surface area (TPSA) is 0 Å². The van der Waals surface area contributed by atoms with Gasteiger partial charge in [0.25, 0.3) is 0 Å². The molecular weight excluding hydrogens is 343 g/mol. The molecule has 1 rings (SSSR count). The van der Waals surface area contributed by atoms with Crippen LogP contribution in [0.15, 0.2) is 24.3 Å². The van der Waals surface area contributed by atoms with Crippen molar-refractivity contribution >= 4 is 34.7 Å². The van der Waals surface area contributed by atoms with Gasteiger partial charge in [0.15, 0.2) is 0 Å². The standard InChI is InChI=1S/C15H23ClTe/c1-3-5-11-17(12-6-4-2)13-14-7-9-15(16)10-8-14/h7-10,13H,3-6,11-12H2,1-2H3. The summed E-state index contributed by atoms with van der Waals surface area (Å²) in [6.45, 7) is 4.58. The predicted molar refractivity (Wildman–Crippen MR) is 81.8 cm³/mol. The molecular formula is C15H23ClTe. The van der Waals surface area contributed by atoms with Crippen molar-refractivity contribution in [3.8, 4) is 0 Å². The molecule has 0 spiro atoms. The van der Waals surface area contributed by atoms with Crippen LogP contribution in [0.5, 0.6) is 0 Å². The average molecular weight is 366 g/mol. The maximum atomic E-state index is 5.92. The Kier molecular flexibility index (Phi) is 8.19. The zero-order valence-corrected chi connectivity index (χ0v) is 14.0. The molecule has 0 saturated heterocycles. The number of hydrogen-bond acceptors (Lipinski definition) is 0. The normalized spacial score (nSPS) is 10.8. The van der Waals surface area contributed by atoms with Crippen molar-refractivity contribution < 1.29 is 0 Å². The Morgan fingerprint density at radius 3 is 2.00 bits per heavy atom. The van der Waals surface area contributed by atoms with Gasteiger partial charge in [0.1, 0.15) is 0 Å². The molecule has 0 fully saturated rings. The fourth-order valence-electron chi connectivity index (χ4n) is 1.61. The summed E-state index contributed by atoms with van der Waals surface area (Å²) in [6.07, 6.45) is 5.48. The third-order valence-electron chi connectivity index (χ3n) is 2.69. The van der Waals surface area contributed by atoms with Crippen molar-refractivity contribution in [3.63, 3.8) is 0 Å². The van der Waals surface area contributed by atoms with Crippen LogP contribution in [0.3, 0.4) is 0 Å². The fraction of sp³-hybridized carbons (Fsp3) is 0.533. The van der Waals surface area contributed by atoms with E-state index in [1.165, 1.54) is 40.2 Å². The van der Waals surface area contributed by atoms with Gasteiger partial charge < -0.3 is 0 Å². The third kappa shape index (κ3) is 6.61. The first-order valence-corrected chi connectivity index (χ1v) is 11.5. The summed E-state index contributed by atoms with van der Waals surface area (Å²) < 4.78 is 5.57. The Morgan fingerprint density at radius 2 is 1.53 bits per heavy atom. The molecule has 0 atom stereocenters. The summed E-state index contributed by atoms with van der Waals surface area (Å²) in [4.78, 5) is 0. The van der Waals surface area contributed by atoms with Crippen molar-refractivity contribution in [2.24, 2.45) is 0 Å². The van der Waals surface area contributed by atoms with E-state index >= 15 is 0 Å². The van der Waals surface area contributed by atoms with Crippen molar-refractivity contribution in [2.45, 2.75) is 48.5 Å². The van der Waals surface area contributed by atoms with Gasteiger partial charge in [0.2, 0.25) is 0 Å². The van der Waals surface area contributed by atoms with E-state index in [4.69, 9.17) is 11.6 Å². The molecule has 0 saturated carbocycles. The molecule has 2 heteroatoms. The zero-order valence-electron chi connectivity index (χ0n) is 10.9. The number of halogens is 1. The van der Waals surface area contributed by atoms with Crippen molar-refractivity contribution in [1.29, 1.82) is 0 Å². The van der Waals surface area contributed by atoms with Gasteiger partial charge >= 0.3 is 118 Å².